The summed E-state index contributed by atoms with van der Waals surface area (Å²) in [4.78, 5) is 27.2. The number of aromatic nitrogens is 2. The van der Waals surface area contributed by atoms with Gasteiger partial charge in [0.1, 0.15) is 18.0 Å². The highest BCUT2D eigenvalue weighted by Gasteiger charge is 2.22. The van der Waals surface area contributed by atoms with Gasteiger partial charge in [-0.2, -0.15) is 0 Å². The summed E-state index contributed by atoms with van der Waals surface area (Å²) in [5.74, 6) is 0.267. The molecule has 0 aliphatic rings. The molecule has 0 radical (unpaired) electrons. The van der Waals surface area contributed by atoms with E-state index in [0.29, 0.717) is 23.3 Å². The third kappa shape index (κ3) is 3.85. The number of nitro benzene ring substituents is 1. The molecular weight excluding hydrogens is 298 g/mol. The van der Waals surface area contributed by atoms with Gasteiger partial charge in [0.2, 0.25) is 0 Å². The van der Waals surface area contributed by atoms with E-state index in [-0.39, 0.29) is 18.2 Å². The topological polar surface area (TPSA) is 87.3 Å². The number of esters is 1. The minimum Gasteiger partial charge on any atom is -0.459 e. The van der Waals surface area contributed by atoms with Gasteiger partial charge in [-0.1, -0.05) is 13.0 Å². The quantitative estimate of drug-likeness (QED) is 0.479. The number of hydrogen-bond donors (Lipinski definition) is 0. The number of hydrogen-bond acceptors (Lipinski definition) is 5. The SMILES string of the molecule is CCCc1nc2c([N+](=O)[O-])cccc2n1CC(=O)OC(C)(C)C. The first-order valence-electron chi connectivity index (χ1n) is 7.57. The Morgan fingerprint density at radius 2 is 2.09 bits per heavy atom. The van der Waals surface area contributed by atoms with Crippen molar-refractivity contribution < 1.29 is 14.5 Å². The number of imidazole rings is 1. The van der Waals surface area contributed by atoms with Crippen LogP contribution in [0.25, 0.3) is 11.0 Å². The number of carbonyl (C=O) groups is 1. The predicted octanol–water partition coefficient (Wildman–Crippen LogP) is 3.24. The lowest BCUT2D eigenvalue weighted by Gasteiger charge is -2.20. The Morgan fingerprint density at radius 1 is 1.39 bits per heavy atom. The molecule has 1 aromatic carbocycles. The highest BCUT2D eigenvalue weighted by Crippen LogP contribution is 2.26. The van der Waals surface area contributed by atoms with Crippen LogP contribution in [0.4, 0.5) is 5.69 Å². The van der Waals surface area contributed by atoms with Gasteiger partial charge in [-0.25, -0.2) is 4.98 Å². The maximum atomic E-state index is 12.1. The van der Waals surface area contributed by atoms with Crippen molar-refractivity contribution in [2.24, 2.45) is 0 Å². The number of nitrogens with zero attached hydrogens (tertiary/aromatic N) is 3. The van der Waals surface area contributed by atoms with Crippen LogP contribution in [0.15, 0.2) is 18.2 Å². The normalized spacial score (nSPS) is 11.7. The minimum absolute atomic E-state index is 0.00965. The number of rotatable bonds is 5. The molecule has 0 aliphatic heterocycles. The maximum absolute atomic E-state index is 12.1. The fourth-order valence-electron chi connectivity index (χ4n) is 2.42. The van der Waals surface area contributed by atoms with E-state index in [1.165, 1.54) is 6.07 Å². The van der Waals surface area contributed by atoms with Gasteiger partial charge in [0.15, 0.2) is 5.52 Å². The molecule has 7 heteroatoms. The van der Waals surface area contributed by atoms with Gasteiger partial charge >= 0.3 is 5.97 Å². The standard InChI is InChI=1S/C16H21N3O4/c1-5-7-13-17-15-11(8-6-9-12(15)19(21)22)18(13)10-14(20)23-16(2,3)4/h6,8-9H,5,7,10H2,1-4H3. The van der Waals surface area contributed by atoms with Crippen LogP contribution in [0, 0.1) is 10.1 Å². The molecule has 0 atom stereocenters. The summed E-state index contributed by atoms with van der Waals surface area (Å²) in [7, 11) is 0. The van der Waals surface area contributed by atoms with Crippen molar-refractivity contribution in [1.29, 1.82) is 0 Å². The average molecular weight is 319 g/mol. The van der Waals surface area contributed by atoms with Crippen LogP contribution in [-0.4, -0.2) is 26.0 Å². The zero-order valence-corrected chi connectivity index (χ0v) is 13.8. The Balaban J connectivity index is 2.48. The van der Waals surface area contributed by atoms with E-state index in [1.54, 1.807) is 37.5 Å². The molecule has 0 saturated carbocycles. The molecule has 1 heterocycles. The summed E-state index contributed by atoms with van der Waals surface area (Å²) in [5, 5.41) is 11.2. The Kier molecular flexibility index (Phi) is 4.68. The summed E-state index contributed by atoms with van der Waals surface area (Å²) < 4.78 is 7.06. The fraction of sp³-hybridized carbons (Fsp3) is 0.500. The molecule has 2 rings (SSSR count). The first-order valence-corrected chi connectivity index (χ1v) is 7.57. The van der Waals surface area contributed by atoms with E-state index in [4.69, 9.17) is 4.74 Å². The number of ether oxygens (including phenoxy) is 1. The molecule has 0 unspecified atom stereocenters. The molecule has 1 aromatic heterocycles. The summed E-state index contributed by atoms with van der Waals surface area (Å²) >= 11 is 0. The largest absolute Gasteiger partial charge is 0.459 e. The third-order valence-electron chi connectivity index (χ3n) is 3.21. The lowest BCUT2D eigenvalue weighted by molar-refractivity contribution is -0.383. The zero-order chi connectivity index (χ0) is 17.2. The maximum Gasteiger partial charge on any atom is 0.326 e. The van der Waals surface area contributed by atoms with Crippen molar-refractivity contribution in [3.63, 3.8) is 0 Å². The van der Waals surface area contributed by atoms with E-state index < -0.39 is 10.5 Å². The molecular formula is C16H21N3O4. The third-order valence-corrected chi connectivity index (χ3v) is 3.21. The van der Waals surface area contributed by atoms with Gasteiger partial charge in [0.25, 0.3) is 5.69 Å². The average Bonchev–Trinajstić information content (AvgIpc) is 2.75. The fourth-order valence-corrected chi connectivity index (χ4v) is 2.42. The Hall–Kier alpha value is -2.44. The monoisotopic (exact) mass is 319 g/mol. The minimum atomic E-state index is -0.579. The number of para-hydroxylation sites is 1. The number of fused-ring (bicyclic) bond motifs is 1. The summed E-state index contributed by atoms with van der Waals surface area (Å²) in [6, 6.07) is 4.76. The molecule has 124 valence electrons. The smallest absolute Gasteiger partial charge is 0.326 e. The van der Waals surface area contributed by atoms with E-state index >= 15 is 0 Å². The van der Waals surface area contributed by atoms with Crippen molar-refractivity contribution in [3.05, 3.63) is 34.1 Å². The molecule has 23 heavy (non-hydrogen) atoms. The van der Waals surface area contributed by atoms with Crippen LogP contribution in [-0.2, 0) is 22.5 Å². The highest BCUT2D eigenvalue weighted by molar-refractivity contribution is 5.86. The Labute approximate surface area is 134 Å². The lowest BCUT2D eigenvalue weighted by Crippen LogP contribution is -2.27. The number of carbonyl (C=O) groups excluding carboxylic acids is 1. The van der Waals surface area contributed by atoms with E-state index in [1.807, 2.05) is 6.92 Å². The van der Waals surface area contributed by atoms with Crippen molar-refractivity contribution in [3.8, 4) is 0 Å². The van der Waals surface area contributed by atoms with E-state index in [9.17, 15) is 14.9 Å². The molecule has 0 N–H and O–H groups in total. The molecule has 2 aromatic rings. The van der Waals surface area contributed by atoms with E-state index in [2.05, 4.69) is 4.98 Å². The molecule has 0 aliphatic carbocycles. The number of nitro groups is 1. The number of benzene rings is 1. The van der Waals surface area contributed by atoms with Gasteiger partial charge < -0.3 is 9.30 Å². The molecule has 0 fully saturated rings. The Morgan fingerprint density at radius 3 is 2.65 bits per heavy atom. The Bertz CT molecular complexity index is 744. The zero-order valence-electron chi connectivity index (χ0n) is 13.8. The second-order valence-electron chi connectivity index (χ2n) is 6.35. The van der Waals surface area contributed by atoms with E-state index in [0.717, 1.165) is 6.42 Å². The van der Waals surface area contributed by atoms with Crippen LogP contribution in [0.2, 0.25) is 0 Å². The van der Waals surface area contributed by atoms with Gasteiger partial charge in [0, 0.05) is 12.5 Å². The molecule has 0 bridgehead atoms. The number of non-ortho nitro benzene ring substituents is 1. The van der Waals surface area contributed by atoms with Crippen molar-refractivity contribution in [2.45, 2.75) is 52.7 Å². The van der Waals surface area contributed by atoms with Crippen molar-refractivity contribution in [1.82, 2.24) is 9.55 Å². The van der Waals surface area contributed by atoms with Gasteiger partial charge in [-0.05, 0) is 33.3 Å². The van der Waals surface area contributed by atoms with Gasteiger partial charge in [0.05, 0.1) is 10.4 Å². The van der Waals surface area contributed by atoms with Gasteiger partial charge in [-0.3, -0.25) is 14.9 Å². The number of aryl methyl sites for hydroxylation is 1. The second-order valence-corrected chi connectivity index (χ2v) is 6.35. The predicted molar refractivity (Wildman–Crippen MR) is 86.2 cm³/mol. The molecule has 0 spiro atoms. The van der Waals surface area contributed by atoms with Crippen LogP contribution in [0.3, 0.4) is 0 Å². The van der Waals surface area contributed by atoms with Crippen molar-refractivity contribution in [2.75, 3.05) is 0 Å². The van der Waals surface area contributed by atoms with Crippen LogP contribution < -0.4 is 0 Å². The van der Waals surface area contributed by atoms with Crippen molar-refractivity contribution >= 4 is 22.7 Å². The first kappa shape index (κ1) is 16.9. The van der Waals surface area contributed by atoms with Crippen LogP contribution in [0.5, 0.6) is 0 Å². The van der Waals surface area contributed by atoms with Crippen LogP contribution >= 0.6 is 0 Å². The van der Waals surface area contributed by atoms with Gasteiger partial charge in [-0.15, -0.1) is 0 Å². The summed E-state index contributed by atoms with van der Waals surface area (Å²) in [5.41, 5.74) is 0.255. The molecule has 0 saturated heterocycles. The second kappa shape index (κ2) is 6.36. The summed E-state index contributed by atoms with van der Waals surface area (Å²) in [6.07, 6.45) is 1.46. The molecule has 0 amide bonds. The lowest BCUT2D eigenvalue weighted by atomic mass is 10.2. The summed E-state index contributed by atoms with van der Waals surface area (Å²) in [6.45, 7) is 7.38. The first-order chi connectivity index (χ1) is 10.7. The highest BCUT2D eigenvalue weighted by atomic mass is 16.6. The molecule has 7 nitrogen and oxygen atoms in total. The van der Waals surface area contributed by atoms with Crippen LogP contribution in [0.1, 0.15) is 39.9 Å².